The number of nitrogens with zero attached hydrogens (tertiary/aromatic N) is 2. The van der Waals surface area contributed by atoms with Crippen LogP contribution in [0.5, 0.6) is 0 Å². The molecule has 0 aromatic heterocycles. The number of likely N-dealkylation sites (N-methyl/N-ethyl adjacent to an activating group) is 1. The Hall–Kier alpha value is -0.810. The highest BCUT2D eigenvalue weighted by Crippen LogP contribution is 2.29. The van der Waals surface area contributed by atoms with Gasteiger partial charge in [-0.15, -0.1) is 0 Å². The third-order valence-electron chi connectivity index (χ3n) is 4.16. The van der Waals surface area contributed by atoms with Crippen LogP contribution in [0, 0.1) is 5.41 Å². The molecule has 2 rings (SSSR count). The van der Waals surface area contributed by atoms with E-state index in [1.54, 1.807) is 0 Å². The van der Waals surface area contributed by atoms with E-state index in [0.717, 1.165) is 39.2 Å². The van der Waals surface area contributed by atoms with E-state index in [1.165, 1.54) is 0 Å². The third kappa shape index (κ3) is 3.39. The van der Waals surface area contributed by atoms with Gasteiger partial charge in [-0.1, -0.05) is 20.8 Å². The molecule has 19 heavy (non-hydrogen) atoms. The molecular weight excluding hydrogens is 242 g/mol. The Balaban J connectivity index is 1.85. The van der Waals surface area contributed by atoms with Gasteiger partial charge in [-0.2, -0.15) is 0 Å². The summed E-state index contributed by atoms with van der Waals surface area (Å²) in [6.07, 6.45) is 1.17. The van der Waals surface area contributed by atoms with E-state index in [-0.39, 0.29) is 17.6 Å². The van der Waals surface area contributed by atoms with Gasteiger partial charge in [0.1, 0.15) is 0 Å². The summed E-state index contributed by atoms with van der Waals surface area (Å²) in [5.41, 5.74) is 0.127. The SMILES string of the molecule is CN1C(=O)N(CCC2CNCCO2)CC1C(C)(C)C. The quantitative estimate of drug-likeness (QED) is 0.836. The smallest absolute Gasteiger partial charge is 0.320 e. The molecular formula is C14H27N3O2. The average molecular weight is 269 g/mol. The maximum absolute atomic E-state index is 12.2. The van der Waals surface area contributed by atoms with E-state index in [1.807, 2.05) is 16.8 Å². The van der Waals surface area contributed by atoms with Crippen molar-refractivity contribution in [3.8, 4) is 0 Å². The van der Waals surface area contributed by atoms with Crippen molar-refractivity contribution < 1.29 is 9.53 Å². The van der Waals surface area contributed by atoms with Crippen LogP contribution in [0.3, 0.4) is 0 Å². The average Bonchev–Trinajstić information content (AvgIpc) is 2.65. The highest BCUT2D eigenvalue weighted by Gasteiger charge is 2.40. The van der Waals surface area contributed by atoms with Gasteiger partial charge in [0.25, 0.3) is 0 Å². The minimum absolute atomic E-state index is 0.127. The molecule has 0 aromatic carbocycles. The number of amides is 2. The second-order valence-electron chi connectivity index (χ2n) is 6.71. The number of urea groups is 1. The second kappa shape index (κ2) is 5.67. The first kappa shape index (κ1) is 14.6. The first-order chi connectivity index (χ1) is 8.89. The number of rotatable bonds is 3. The van der Waals surface area contributed by atoms with Crippen LogP contribution in [0.15, 0.2) is 0 Å². The van der Waals surface area contributed by atoms with Crippen molar-refractivity contribution in [3.63, 3.8) is 0 Å². The van der Waals surface area contributed by atoms with Gasteiger partial charge in [0.2, 0.25) is 0 Å². The lowest BCUT2D eigenvalue weighted by Gasteiger charge is -2.31. The van der Waals surface area contributed by atoms with Crippen molar-refractivity contribution in [2.75, 3.05) is 39.8 Å². The van der Waals surface area contributed by atoms with Crippen molar-refractivity contribution >= 4 is 6.03 Å². The molecule has 2 saturated heterocycles. The lowest BCUT2D eigenvalue weighted by molar-refractivity contribution is 0.0199. The fraction of sp³-hybridized carbons (Fsp3) is 0.929. The Labute approximate surface area is 116 Å². The van der Waals surface area contributed by atoms with Crippen LogP contribution in [0.25, 0.3) is 0 Å². The number of morpholine rings is 1. The molecule has 2 aliphatic rings. The number of carbonyl (C=O) groups excluding carboxylic acids is 1. The zero-order chi connectivity index (χ0) is 14.0. The summed E-state index contributed by atoms with van der Waals surface area (Å²) < 4.78 is 5.68. The van der Waals surface area contributed by atoms with Crippen molar-refractivity contribution in [1.82, 2.24) is 15.1 Å². The fourth-order valence-electron chi connectivity index (χ4n) is 2.91. The molecule has 5 heteroatoms. The molecule has 5 nitrogen and oxygen atoms in total. The molecule has 2 atom stereocenters. The standard InChI is InChI=1S/C14H27N3O2/c1-14(2,3)12-10-17(13(18)16(12)4)7-5-11-9-15-6-8-19-11/h11-12,15H,5-10H2,1-4H3. The molecule has 2 unspecified atom stereocenters. The Bertz CT molecular complexity index is 321. The fourth-order valence-corrected chi connectivity index (χ4v) is 2.91. The van der Waals surface area contributed by atoms with Gasteiger partial charge >= 0.3 is 6.03 Å². The first-order valence-corrected chi connectivity index (χ1v) is 7.23. The van der Waals surface area contributed by atoms with Gasteiger partial charge in [0.05, 0.1) is 18.8 Å². The molecule has 2 aliphatic heterocycles. The Morgan fingerprint density at radius 3 is 2.68 bits per heavy atom. The van der Waals surface area contributed by atoms with Crippen molar-refractivity contribution in [2.45, 2.75) is 39.3 Å². The largest absolute Gasteiger partial charge is 0.376 e. The summed E-state index contributed by atoms with van der Waals surface area (Å²) in [6, 6.07) is 0.453. The molecule has 0 aromatic rings. The highest BCUT2D eigenvalue weighted by atomic mass is 16.5. The van der Waals surface area contributed by atoms with Crippen LogP contribution in [0.4, 0.5) is 4.79 Å². The van der Waals surface area contributed by atoms with E-state index in [4.69, 9.17) is 4.74 Å². The number of hydrogen-bond donors (Lipinski definition) is 1. The monoisotopic (exact) mass is 269 g/mol. The maximum atomic E-state index is 12.2. The normalized spacial score (nSPS) is 29.2. The van der Waals surface area contributed by atoms with Crippen LogP contribution in [-0.4, -0.2) is 67.8 Å². The Kier molecular flexibility index (Phi) is 4.36. The number of hydrogen-bond acceptors (Lipinski definition) is 3. The molecule has 2 fully saturated rings. The summed E-state index contributed by atoms with van der Waals surface area (Å²) >= 11 is 0. The van der Waals surface area contributed by atoms with Crippen LogP contribution >= 0.6 is 0 Å². The maximum Gasteiger partial charge on any atom is 0.320 e. The van der Waals surface area contributed by atoms with Crippen molar-refractivity contribution in [1.29, 1.82) is 0 Å². The minimum Gasteiger partial charge on any atom is -0.376 e. The lowest BCUT2D eigenvalue weighted by atomic mass is 9.86. The number of ether oxygens (including phenoxy) is 1. The third-order valence-corrected chi connectivity index (χ3v) is 4.16. The lowest BCUT2D eigenvalue weighted by Crippen LogP contribution is -2.41. The zero-order valence-corrected chi connectivity index (χ0v) is 12.6. The summed E-state index contributed by atoms with van der Waals surface area (Å²) in [4.78, 5) is 16.1. The molecule has 0 bridgehead atoms. The van der Waals surface area contributed by atoms with E-state index >= 15 is 0 Å². The molecule has 2 amide bonds. The van der Waals surface area contributed by atoms with Gasteiger partial charge in [0.15, 0.2) is 0 Å². The summed E-state index contributed by atoms with van der Waals surface area (Å²) in [6.45, 7) is 10.8. The van der Waals surface area contributed by atoms with Crippen molar-refractivity contribution in [2.24, 2.45) is 5.41 Å². The molecule has 0 aliphatic carbocycles. The van der Waals surface area contributed by atoms with Gasteiger partial charge in [-0.05, 0) is 11.8 Å². The number of carbonyl (C=O) groups is 1. The van der Waals surface area contributed by atoms with Crippen LogP contribution in [-0.2, 0) is 4.74 Å². The van der Waals surface area contributed by atoms with E-state index in [9.17, 15) is 4.79 Å². The van der Waals surface area contributed by atoms with Crippen LogP contribution in [0.1, 0.15) is 27.2 Å². The van der Waals surface area contributed by atoms with Gasteiger partial charge < -0.3 is 19.9 Å². The first-order valence-electron chi connectivity index (χ1n) is 7.23. The van der Waals surface area contributed by atoms with Gasteiger partial charge in [0, 0.05) is 33.2 Å². The molecule has 1 N–H and O–H groups in total. The zero-order valence-electron chi connectivity index (χ0n) is 12.6. The summed E-state index contributed by atoms with van der Waals surface area (Å²) in [5.74, 6) is 0. The molecule has 0 radical (unpaired) electrons. The highest BCUT2D eigenvalue weighted by molar-refractivity contribution is 5.77. The predicted molar refractivity (Wildman–Crippen MR) is 75.2 cm³/mol. The topological polar surface area (TPSA) is 44.8 Å². The molecule has 0 spiro atoms. The predicted octanol–water partition coefficient (Wildman–Crippen LogP) is 1.15. The minimum atomic E-state index is 0.127. The number of nitrogens with one attached hydrogen (secondary N) is 1. The molecule has 110 valence electrons. The van der Waals surface area contributed by atoms with Gasteiger partial charge in [-0.25, -0.2) is 4.79 Å². The summed E-state index contributed by atoms with van der Waals surface area (Å²) in [5, 5.41) is 3.32. The van der Waals surface area contributed by atoms with E-state index in [0.29, 0.717) is 6.04 Å². The van der Waals surface area contributed by atoms with E-state index in [2.05, 4.69) is 26.1 Å². The molecule has 2 heterocycles. The second-order valence-corrected chi connectivity index (χ2v) is 6.71. The van der Waals surface area contributed by atoms with Crippen LogP contribution < -0.4 is 5.32 Å². The Morgan fingerprint density at radius 2 is 2.16 bits per heavy atom. The van der Waals surface area contributed by atoms with Crippen LogP contribution in [0.2, 0.25) is 0 Å². The van der Waals surface area contributed by atoms with E-state index < -0.39 is 0 Å². The van der Waals surface area contributed by atoms with Crippen molar-refractivity contribution in [3.05, 3.63) is 0 Å². The van der Waals surface area contributed by atoms with Gasteiger partial charge in [-0.3, -0.25) is 0 Å². The summed E-state index contributed by atoms with van der Waals surface area (Å²) in [7, 11) is 1.91. The Morgan fingerprint density at radius 1 is 1.42 bits per heavy atom. The molecule has 0 saturated carbocycles.